The Bertz CT molecular complexity index is 190. The Morgan fingerprint density at radius 1 is 1.18 bits per heavy atom. The predicted molar refractivity (Wildman–Crippen MR) is 70.4 cm³/mol. The van der Waals surface area contributed by atoms with Crippen molar-refractivity contribution >= 4 is 0 Å². The molecule has 0 saturated carbocycles. The lowest BCUT2D eigenvalue weighted by atomic mass is 10.1. The van der Waals surface area contributed by atoms with Crippen LogP contribution >= 0.6 is 0 Å². The van der Waals surface area contributed by atoms with Crippen molar-refractivity contribution in [2.24, 2.45) is 0 Å². The van der Waals surface area contributed by atoms with Gasteiger partial charge in [0.15, 0.2) is 0 Å². The highest BCUT2D eigenvalue weighted by Gasteiger charge is 2.35. The molecule has 0 aromatic rings. The van der Waals surface area contributed by atoms with Crippen LogP contribution in [-0.4, -0.2) is 63.5 Å². The SMILES string of the molecule is CCCC(CNCC)N1CC(OC)C(OC)C1. The van der Waals surface area contributed by atoms with Crippen LogP contribution in [-0.2, 0) is 9.47 Å². The lowest BCUT2D eigenvalue weighted by Gasteiger charge is -2.27. The van der Waals surface area contributed by atoms with E-state index in [1.807, 2.05) is 0 Å². The third-order valence-corrected chi connectivity index (χ3v) is 3.62. The molecule has 1 heterocycles. The fourth-order valence-electron chi connectivity index (χ4n) is 2.58. The minimum Gasteiger partial charge on any atom is -0.377 e. The molecule has 4 nitrogen and oxygen atoms in total. The van der Waals surface area contributed by atoms with Crippen LogP contribution in [0.2, 0.25) is 0 Å². The zero-order valence-electron chi connectivity index (χ0n) is 11.7. The van der Waals surface area contributed by atoms with Gasteiger partial charge >= 0.3 is 0 Å². The first-order valence-electron chi connectivity index (χ1n) is 6.77. The molecule has 1 saturated heterocycles. The molecule has 17 heavy (non-hydrogen) atoms. The molecule has 1 aliphatic rings. The highest BCUT2D eigenvalue weighted by atomic mass is 16.5. The highest BCUT2D eigenvalue weighted by molar-refractivity contribution is 4.90. The molecule has 0 aromatic heterocycles. The highest BCUT2D eigenvalue weighted by Crippen LogP contribution is 2.20. The van der Waals surface area contributed by atoms with Gasteiger partial charge in [0.25, 0.3) is 0 Å². The van der Waals surface area contributed by atoms with E-state index < -0.39 is 0 Å². The van der Waals surface area contributed by atoms with Crippen molar-refractivity contribution in [2.45, 2.75) is 44.9 Å². The van der Waals surface area contributed by atoms with E-state index in [0.717, 1.165) is 26.2 Å². The Balaban J connectivity index is 2.50. The summed E-state index contributed by atoms with van der Waals surface area (Å²) >= 11 is 0. The summed E-state index contributed by atoms with van der Waals surface area (Å²) in [5.41, 5.74) is 0. The molecule has 0 aliphatic carbocycles. The van der Waals surface area contributed by atoms with Crippen LogP contribution in [0.5, 0.6) is 0 Å². The van der Waals surface area contributed by atoms with E-state index in [2.05, 4.69) is 24.1 Å². The molecule has 1 fully saturated rings. The maximum absolute atomic E-state index is 5.49. The summed E-state index contributed by atoms with van der Waals surface area (Å²) in [6, 6.07) is 0.609. The van der Waals surface area contributed by atoms with Gasteiger partial charge in [0.2, 0.25) is 0 Å². The largest absolute Gasteiger partial charge is 0.377 e. The minimum atomic E-state index is 0.223. The number of nitrogens with zero attached hydrogens (tertiary/aromatic N) is 1. The van der Waals surface area contributed by atoms with Gasteiger partial charge in [-0.25, -0.2) is 0 Å². The number of ether oxygens (including phenoxy) is 2. The number of hydrogen-bond donors (Lipinski definition) is 1. The van der Waals surface area contributed by atoms with Gasteiger partial charge in [-0.15, -0.1) is 0 Å². The lowest BCUT2D eigenvalue weighted by Crippen LogP contribution is -2.41. The summed E-state index contributed by atoms with van der Waals surface area (Å²) in [7, 11) is 3.55. The maximum atomic E-state index is 5.49. The van der Waals surface area contributed by atoms with Crippen LogP contribution in [0.15, 0.2) is 0 Å². The average molecular weight is 244 g/mol. The van der Waals surface area contributed by atoms with Crippen molar-refractivity contribution in [3.63, 3.8) is 0 Å². The summed E-state index contributed by atoms with van der Waals surface area (Å²) in [5.74, 6) is 0. The molecule has 1 aliphatic heterocycles. The second-order valence-corrected chi connectivity index (χ2v) is 4.75. The van der Waals surface area contributed by atoms with Crippen molar-refractivity contribution < 1.29 is 9.47 Å². The maximum Gasteiger partial charge on any atom is 0.0971 e. The van der Waals surface area contributed by atoms with Gasteiger partial charge in [0, 0.05) is 39.9 Å². The normalized spacial score (nSPS) is 27.5. The molecule has 1 rings (SSSR count). The van der Waals surface area contributed by atoms with Gasteiger partial charge in [-0.3, -0.25) is 4.90 Å². The topological polar surface area (TPSA) is 33.7 Å². The van der Waals surface area contributed by atoms with E-state index >= 15 is 0 Å². The quantitative estimate of drug-likeness (QED) is 0.693. The van der Waals surface area contributed by atoms with Crippen LogP contribution in [0, 0.1) is 0 Å². The van der Waals surface area contributed by atoms with Crippen LogP contribution in [0.1, 0.15) is 26.7 Å². The van der Waals surface area contributed by atoms with Crippen LogP contribution in [0.3, 0.4) is 0 Å². The second kappa shape index (κ2) is 8.03. The Morgan fingerprint density at radius 3 is 2.18 bits per heavy atom. The van der Waals surface area contributed by atoms with Gasteiger partial charge < -0.3 is 14.8 Å². The third-order valence-electron chi connectivity index (χ3n) is 3.62. The second-order valence-electron chi connectivity index (χ2n) is 4.75. The van der Waals surface area contributed by atoms with E-state index in [0.29, 0.717) is 6.04 Å². The van der Waals surface area contributed by atoms with Crippen molar-refractivity contribution in [3.05, 3.63) is 0 Å². The first-order valence-corrected chi connectivity index (χ1v) is 6.77. The van der Waals surface area contributed by atoms with Crippen molar-refractivity contribution in [1.82, 2.24) is 10.2 Å². The van der Waals surface area contributed by atoms with Crippen LogP contribution in [0.4, 0.5) is 0 Å². The minimum absolute atomic E-state index is 0.223. The van der Waals surface area contributed by atoms with Gasteiger partial charge in [-0.2, -0.15) is 0 Å². The molecule has 4 heteroatoms. The fraction of sp³-hybridized carbons (Fsp3) is 1.00. The summed E-state index contributed by atoms with van der Waals surface area (Å²) in [6.07, 6.45) is 2.91. The van der Waals surface area contributed by atoms with E-state index in [9.17, 15) is 0 Å². The smallest absolute Gasteiger partial charge is 0.0971 e. The Labute approximate surface area is 106 Å². The predicted octanol–water partition coefficient (Wildman–Crippen LogP) is 1.11. The Hall–Kier alpha value is -0.160. The summed E-state index contributed by atoms with van der Waals surface area (Å²) in [5, 5.41) is 3.45. The van der Waals surface area contributed by atoms with Crippen molar-refractivity contribution in [2.75, 3.05) is 40.4 Å². The first-order chi connectivity index (χ1) is 8.26. The number of rotatable bonds is 8. The van der Waals surface area contributed by atoms with Gasteiger partial charge in [-0.1, -0.05) is 20.3 Å². The number of nitrogens with one attached hydrogen (secondary N) is 1. The first kappa shape index (κ1) is 14.9. The summed E-state index contributed by atoms with van der Waals surface area (Å²) < 4.78 is 11.0. The molecule has 3 unspecified atom stereocenters. The molecule has 0 spiro atoms. The molecular formula is C13H28N2O2. The van der Waals surface area contributed by atoms with Crippen molar-refractivity contribution in [1.29, 1.82) is 0 Å². The lowest BCUT2D eigenvalue weighted by molar-refractivity contribution is -0.00461. The summed E-state index contributed by atoms with van der Waals surface area (Å²) in [4.78, 5) is 2.51. The van der Waals surface area contributed by atoms with Crippen molar-refractivity contribution in [3.8, 4) is 0 Å². The Kier molecular flexibility index (Phi) is 7.04. The standard InChI is InChI=1S/C13H28N2O2/c1-5-7-11(8-14-6-2)15-9-12(16-3)13(10-15)17-4/h11-14H,5-10H2,1-4H3. The molecule has 0 radical (unpaired) electrons. The fourth-order valence-corrected chi connectivity index (χ4v) is 2.58. The van der Waals surface area contributed by atoms with E-state index in [1.54, 1.807) is 14.2 Å². The molecule has 0 bridgehead atoms. The zero-order chi connectivity index (χ0) is 12.7. The molecule has 0 aromatic carbocycles. The molecule has 3 atom stereocenters. The van der Waals surface area contributed by atoms with Crippen LogP contribution < -0.4 is 5.32 Å². The Morgan fingerprint density at radius 2 is 1.76 bits per heavy atom. The number of likely N-dealkylation sites (N-methyl/N-ethyl adjacent to an activating group) is 1. The summed E-state index contributed by atoms with van der Waals surface area (Å²) in [6.45, 7) is 8.49. The third kappa shape index (κ3) is 4.21. The molecular weight excluding hydrogens is 216 g/mol. The van der Waals surface area contributed by atoms with E-state index in [4.69, 9.17) is 9.47 Å². The van der Waals surface area contributed by atoms with Gasteiger partial charge in [-0.05, 0) is 13.0 Å². The van der Waals surface area contributed by atoms with E-state index in [-0.39, 0.29) is 12.2 Å². The van der Waals surface area contributed by atoms with Crippen LogP contribution in [0.25, 0.3) is 0 Å². The molecule has 1 N–H and O–H groups in total. The average Bonchev–Trinajstić information content (AvgIpc) is 2.77. The number of methoxy groups -OCH3 is 2. The molecule has 102 valence electrons. The van der Waals surface area contributed by atoms with Gasteiger partial charge in [0.05, 0.1) is 12.2 Å². The van der Waals surface area contributed by atoms with Gasteiger partial charge in [0.1, 0.15) is 0 Å². The zero-order valence-corrected chi connectivity index (χ0v) is 11.7. The number of hydrogen-bond acceptors (Lipinski definition) is 4. The molecule has 0 amide bonds. The monoisotopic (exact) mass is 244 g/mol. The van der Waals surface area contributed by atoms with E-state index in [1.165, 1.54) is 12.8 Å². The number of likely N-dealkylation sites (tertiary alicyclic amines) is 1.